The maximum atomic E-state index is 11.8. The Balaban J connectivity index is 2.38. The number of amides is 1. The normalized spacial score (nSPS) is 26.2. The van der Waals surface area contributed by atoms with Crippen molar-refractivity contribution in [1.82, 2.24) is 10.2 Å². The molecule has 0 aliphatic carbocycles. The predicted molar refractivity (Wildman–Crippen MR) is 67.7 cm³/mol. The summed E-state index contributed by atoms with van der Waals surface area (Å²) in [6, 6.07) is 0. The van der Waals surface area contributed by atoms with Crippen LogP contribution in [0, 0.1) is 0 Å². The number of hydrogen-bond donors (Lipinski definition) is 3. The van der Waals surface area contributed by atoms with Crippen molar-refractivity contribution >= 4 is 11.9 Å². The van der Waals surface area contributed by atoms with Gasteiger partial charge in [0.25, 0.3) is 0 Å². The second kappa shape index (κ2) is 6.31. The number of rotatable bonds is 6. The Morgan fingerprint density at radius 3 is 2.42 bits per heavy atom. The molecular formula is C12H22N2O5. The first-order valence-corrected chi connectivity index (χ1v) is 6.24. The zero-order valence-corrected chi connectivity index (χ0v) is 11.5. The molecule has 1 aliphatic heterocycles. The van der Waals surface area contributed by atoms with Gasteiger partial charge in [0.2, 0.25) is 5.91 Å². The zero-order valence-electron chi connectivity index (χ0n) is 11.5. The molecule has 3 atom stereocenters. The van der Waals surface area contributed by atoms with Gasteiger partial charge in [0.15, 0.2) is 6.10 Å². The van der Waals surface area contributed by atoms with E-state index in [9.17, 15) is 14.7 Å². The molecule has 1 aliphatic rings. The van der Waals surface area contributed by atoms with Crippen LogP contribution in [0.5, 0.6) is 0 Å². The molecule has 0 aromatic carbocycles. The lowest BCUT2D eigenvalue weighted by atomic mass is 10.1. The molecule has 3 N–H and O–H groups in total. The number of carbonyl (C=O) groups is 2. The minimum absolute atomic E-state index is 0.0988. The van der Waals surface area contributed by atoms with Crippen LogP contribution in [0.4, 0.5) is 0 Å². The van der Waals surface area contributed by atoms with Gasteiger partial charge in [-0.2, -0.15) is 0 Å². The number of aliphatic carboxylic acids is 1. The monoisotopic (exact) mass is 274 g/mol. The minimum Gasteiger partial charge on any atom is -0.479 e. The van der Waals surface area contributed by atoms with Gasteiger partial charge in [-0.25, -0.2) is 4.79 Å². The van der Waals surface area contributed by atoms with Crippen LogP contribution >= 0.6 is 0 Å². The highest BCUT2D eigenvalue weighted by Crippen LogP contribution is 2.20. The SMILES string of the molecule is CN(C)CC(C)(O)CNC(=O)[C@@H]1CC[C@H](C(=O)O)O1. The number of likely N-dealkylation sites (N-methyl/N-ethyl adjacent to an activating group) is 1. The Hall–Kier alpha value is -1.18. The van der Waals surface area contributed by atoms with E-state index in [1.165, 1.54) is 0 Å². The van der Waals surface area contributed by atoms with Crippen molar-refractivity contribution in [2.75, 3.05) is 27.2 Å². The van der Waals surface area contributed by atoms with E-state index in [2.05, 4.69) is 5.32 Å². The lowest BCUT2D eigenvalue weighted by Gasteiger charge is -2.27. The quantitative estimate of drug-likeness (QED) is 0.577. The third kappa shape index (κ3) is 5.14. The summed E-state index contributed by atoms with van der Waals surface area (Å²) in [4.78, 5) is 24.3. The first kappa shape index (κ1) is 15.9. The first-order chi connectivity index (χ1) is 8.71. The van der Waals surface area contributed by atoms with Gasteiger partial charge in [-0.1, -0.05) is 0 Å². The molecule has 7 heteroatoms. The maximum Gasteiger partial charge on any atom is 0.332 e. The molecule has 0 aromatic heterocycles. The van der Waals surface area contributed by atoms with E-state index in [0.717, 1.165) is 0 Å². The number of hydrogen-bond acceptors (Lipinski definition) is 5. The topological polar surface area (TPSA) is 99.1 Å². The molecule has 110 valence electrons. The van der Waals surface area contributed by atoms with E-state index in [-0.39, 0.29) is 12.5 Å². The van der Waals surface area contributed by atoms with Crippen LogP contribution in [0.2, 0.25) is 0 Å². The second-order valence-corrected chi connectivity index (χ2v) is 5.48. The fourth-order valence-electron chi connectivity index (χ4n) is 2.14. The zero-order chi connectivity index (χ0) is 14.6. The highest BCUT2D eigenvalue weighted by molar-refractivity contribution is 5.82. The van der Waals surface area contributed by atoms with Gasteiger partial charge in [0, 0.05) is 13.1 Å². The van der Waals surface area contributed by atoms with E-state index in [1.807, 2.05) is 19.0 Å². The molecule has 0 saturated carbocycles. The lowest BCUT2D eigenvalue weighted by molar-refractivity contribution is -0.152. The van der Waals surface area contributed by atoms with Gasteiger partial charge >= 0.3 is 5.97 Å². The van der Waals surface area contributed by atoms with Crippen LogP contribution in [0.1, 0.15) is 19.8 Å². The highest BCUT2D eigenvalue weighted by Gasteiger charge is 2.35. The van der Waals surface area contributed by atoms with Crippen molar-refractivity contribution in [3.8, 4) is 0 Å². The third-order valence-electron chi connectivity index (χ3n) is 2.89. The molecule has 1 heterocycles. The fraction of sp³-hybridized carbons (Fsp3) is 0.833. The molecule has 0 radical (unpaired) electrons. The van der Waals surface area contributed by atoms with Gasteiger partial charge in [-0.3, -0.25) is 4.79 Å². The Morgan fingerprint density at radius 1 is 1.37 bits per heavy atom. The van der Waals surface area contributed by atoms with E-state index in [0.29, 0.717) is 19.4 Å². The number of ether oxygens (including phenoxy) is 1. The van der Waals surface area contributed by atoms with E-state index in [4.69, 9.17) is 9.84 Å². The number of nitrogens with one attached hydrogen (secondary N) is 1. The summed E-state index contributed by atoms with van der Waals surface area (Å²) in [6.07, 6.45) is -0.922. The first-order valence-electron chi connectivity index (χ1n) is 6.24. The second-order valence-electron chi connectivity index (χ2n) is 5.48. The smallest absolute Gasteiger partial charge is 0.332 e. The van der Waals surface area contributed by atoms with Gasteiger partial charge in [0.05, 0.1) is 5.60 Å². The van der Waals surface area contributed by atoms with E-state index in [1.54, 1.807) is 6.92 Å². The molecule has 1 amide bonds. The molecule has 0 spiro atoms. The maximum absolute atomic E-state index is 11.8. The molecule has 0 aromatic rings. The van der Waals surface area contributed by atoms with Crippen molar-refractivity contribution < 1.29 is 24.5 Å². The highest BCUT2D eigenvalue weighted by atomic mass is 16.5. The lowest BCUT2D eigenvalue weighted by Crippen LogP contribution is -2.49. The third-order valence-corrected chi connectivity index (χ3v) is 2.89. The molecule has 1 unspecified atom stereocenters. The number of carboxylic acids is 1. The minimum atomic E-state index is -1.05. The van der Waals surface area contributed by atoms with Crippen molar-refractivity contribution in [1.29, 1.82) is 0 Å². The standard InChI is InChI=1S/C12H22N2O5/c1-12(18,7-14(2)3)6-13-10(15)8-4-5-9(19-8)11(16)17/h8-9,18H,4-7H2,1-3H3,(H,13,15)(H,16,17)/t8-,9+,12?/m0/s1. The fourth-order valence-corrected chi connectivity index (χ4v) is 2.14. The number of carboxylic acid groups (broad SMARTS) is 1. The van der Waals surface area contributed by atoms with Crippen molar-refractivity contribution in [3.63, 3.8) is 0 Å². The summed E-state index contributed by atoms with van der Waals surface area (Å²) < 4.78 is 5.13. The van der Waals surface area contributed by atoms with Crippen LogP contribution in [-0.2, 0) is 14.3 Å². The van der Waals surface area contributed by atoms with E-state index >= 15 is 0 Å². The summed E-state index contributed by atoms with van der Waals surface area (Å²) in [5.74, 6) is -1.42. The average molecular weight is 274 g/mol. The number of nitrogens with zero attached hydrogens (tertiary/aromatic N) is 1. The summed E-state index contributed by atoms with van der Waals surface area (Å²) in [6.45, 7) is 2.14. The molecule has 1 saturated heterocycles. The van der Waals surface area contributed by atoms with Crippen LogP contribution in [-0.4, -0.2) is 72.0 Å². The van der Waals surface area contributed by atoms with Crippen molar-refractivity contribution in [2.45, 2.75) is 37.6 Å². The van der Waals surface area contributed by atoms with Crippen LogP contribution in [0.15, 0.2) is 0 Å². The Bertz CT molecular complexity index is 343. The number of aliphatic hydroxyl groups is 1. The van der Waals surface area contributed by atoms with Crippen LogP contribution in [0.25, 0.3) is 0 Å². The van der Waals surface area contributed by atoms with Crippen molar-refractivity contribution in [3.05, 3.63) is 0 Å². The van der Waals surface area contributed by atoms with Gasteiger partial charge < -0.3 is 25.2 Å². The van der Waals surface area contributed by atoms with E-state index < -0.39 is 23.8 Å². The summed E-state index contributed by atoms with van der Waals surface area (Å²) in [7, 11) is 3.65. The molecular weight excluding hydrogens is 252 g/mol. The largest absolute Gasteiger partial charge is 0.479 e. The van der Waals surface area contributed by atoms with Crippen LogP contribution < -0.4 is 5.32 Å². The Morgan fingerprint density at radius 2 is 1.95 bits per heavy atom. The predicted octanol–water partition coefficient (Wildman–Crippen LogP) is -0.953. The summed E-state index contributed by atoms with van der Waals surface area (Å²) in [5, 5.41) is 21.4. The summed E-state index contributed by atoms with van der Waals surface area (Å²) >= 11 is 0. The molecule has 1 fully saturated rings. The van der Waals surface area contributed by atoms with Gasteiger partial charge in [0.1, 0.15) is 6.10 Å². The molecule has 1 rings (SSSR count). The average Bonchev–Trinajstić information content (AvgIpc) is 2.73. The summed E-state index contributed by atoms with van der Waals surface area (Å²) in [5.41, 5.74) is -1.04. The Labute approximate surface area is 112 Å². The number of carbonyl (C=O) groups excluding carboxylic acids is 1. The molecule has 19 heavy (non-hydrogen) atoms. The van der Waals surface area contributed by atoms with Gasteiger partial charge in [-0.15, -0.1) is 0 Å². The van der Waals surface area contributed by atoms with Gasteiger partial charge in [-0.05, 0) is 33.9 Å². The van der Waals surface area contributed by atoms with Crippen molar-refractivity contribution in [2.24, 2.45) is 0 Å². The molecule has 0 bridgehead atoms. The Kier molecular flexibility index (Phi) is 5.28. The molecule has 7 nitrogen and oxygen atoms in total. The van der Waals surface area contributed by atoms with Crippen LogP contribution in [0.3, 0.4) is 0 Å².